The highest BCUT2D eigenvalue weighted by atomic mass is 16.2. The summed E-state index contributed by atoms with van der Waals surface area (Å²) in [4.78, 5) is 23.0. The van der Waals surface area contributed by atoms with E-state index in [1.54, 1.807) is 6.20 Å². The molecule has 3 rings (SSSR count). The molecule has 1 aliphatic heterocycles. The van der Waals surface area contributed by atoms with Gasteiger partial charge in [-0.25, -0.2) is 4.98 Å². The number of carbonyl (C=O) groups is 1. The molecule has 0 radical (unpaired) electrons. The van der Waals surface area contributed by atoms with E-state index in [2.05, 4.69) is 16.0 Å². The van der Waals surface area contributed by atoms with E-state index in [9.17, 15) is 4.79 Å². The van der Waals surface area contributed by atoms with Crippen LogP contribution in [0.3, 0.4) is 0 Å². The Morgan fingerprint density at radius 2 is 2.23 bits per heavy atom. The molecule has 5 nitrogen and oxygen atoms in total. The third kappa shape index (κ3) is 3.53. The highest BCUT2D eigenvalue weighted by Crippen LogP contribution is 2.20. The second-order valence-electron chi connectivity index (χ2n) is 5.98. The summed E-state index contributed by atoms with van der Waals surface area (Å²) in [5, 5.41) is 0. The van der Waals surface area contributed by atoms with Crippen LogP contribution in [0.4, 0.5) is 0 Å². The molecule has 1 atom stereocenters. The van der Waals surface area contributed by atoms with Gasteiger partial charge >= 0.3 is 0 Å². The zero-order valence-electron chi connectivity index (χ0n) is 13.0. The zero-order chi connectivity index (χ0) is 15.4. The maximum Gasteiger partial charge on any atom is 0.242 e. The van der Waals surface area contributed by atoms with E-state index in [0.29, 0.717) is 12.5 Å². The van der Waals surface area contributed by atoms with Crippen LogP contribution >= 0.6 is 0 Å². The molecular weight excluding hydrogens is 276 g/mol. The Bertz CT molecular complexity index is 623. The van der Waals surface area contributed by atoms with Gasteiger partial charge in [0.05, 0.1) is 0 Å². The number of rotatable bonds is 4. The summed E-state index contributed by atoms with van der Waals surface area (Å²) in [5.74, 6) is 1.58. The van der Waals surface area contributed by atoms with Gasteiger partial charge in [0.15, 0.2) is 0 Å². The van der Waals surface area contributed by atoms with Gasteiger partial charge in [0, 0.05) is 37.4 Å². The summed E-state index contributed by atoms with van der Waals surface area (Å²) >= 11 is 0. The summed E-state index contributed by atoms with van der Waals surface area (Å²) in [6.45, 7) is 4.02. The molecule has 0 N–H and O–H groups in total. The van der Waals surface area contributed by atoms with Gasteiger partial charge < -0.3 is 9.47 Å². The second-order valence-corrected chi connectivity index (χ2v) is 5.98. The molecule has 1 saturated heterocycles. The van der Waals surface area contributed by atoms with Crippen LogP contribution in [-0.2, 0) is 17.8 Å². The number of carbonyl (C=O) groups excluding carboxylic acids is 1. The second kappa shape index (κ2) is 6.73. The molecule has 2 aromatic heterocycles. The predicted octanol–water partition coefficient (Wildman–Crippen LogP) is 2.07. The summed E-state index contributed by atoms with van der Waals surface area (Å²) in [6, 6.07) is 6.03. The Hall–Kier alpha value is -2.17. The minimum Gasteiger partial charge on any atom is -0.341 e. The summed E-state index contributed by atoms with van der Waals surface area (Å²) < 4.78 is 1.91. The fourth-order valence-corrected chi connectivity index (χ4v) is 3.09. The van der Waals surface area contributed by atoms with Crippen molar-refractivity contribution in [2.24, 2.45) is 5.92 Å². The average Bonchev–Trinajstić information content (AvgIpc) is 2.94. The van der Waals surface area contributed by atoms with E-state index >= 15 is 0 Å². The zero-order valence-corrected chi connectivity index (χ0v) is 13.0. The number of hydrogen-bond acceptors (Lipinski definition) is 3. The molecule has 2 aromatic rings. The topological polar surface area (TPSA) is 51.0 Å². The number of imidazole rings is 1. The van der Waals surface area contributed by atoms with Crippen molar-refractivity contribution >= 4 is 5.91 Å². The molecule has 116 valence electrons. The summed E-state index contributed by atoms with van der Waals surface area (Å²) in [7, 11) is 0. The van der Waals surface area contributed by atoms with Crippen molar-refractivity contribution in [1.82, 2.24) is 19.4 Å². The van der Waals surface area contributed by atoms with Crippen molar-refractivity contribution in [2.45, 2.75) is 32.7 Å². The van der Waals surface area contributed by atoms with Gasteiger partial charge in [-0.15, -0.1) is 0 Å². The Morgan fingerprint density at radius 1 is 1.32 bits per heavy atom. The van der Waals surface area contributed by atoms with Crippen molar-refractivity contribution in [3.63, 3.8) is 0 Å². The van der Waals surface area contributed by atoms with E-state index in [4.69, 9.17) is 0 Å². The molecule has 1 amide bonds. The molecule has 0 aromatic carbocycles. The van der Waals surface area contributed by atoms with Gasteiger partial charge in [0.1, 0.15) is 12.4 Å². The lowest BCUT2D eigenvalue weighted by Crippen LogP contribution is -2.42. The maximum absolute atomic E-state index is 12.5. The largest absolute Gasteiger partial charge is 0.341 e. The van der Waals surface area contributed by atoms with Crippen molar-refractivity contribution in [1.29, 1.82) is 0 Å². The van der Waals surface area contributed by atoms with Gasteiger partial charge in [-0.05, 0) is 44.2 Å². The van der Waals surface area contributed by atoms with Crippen LogP contribution in [0.5, 0.6) is 0 Å². The lowest BCUT2D eigenvalue weighted by atomic mass is 9.93. The molecule has 0 saturated carbocycles. The summed E-state index contributed by atoms with van der Waals surface area (Å²) in [6.07, 6.45) is 8.64. The normalized spacial score (nSPS) is 18.4. The minimum atomic E-state index is 0.187. The quantitative estimate of drug-likeness (QED) is 0.868. The maximum atomic E-state index is 12.5. The molecule has 5 heteroatoms. The molecule has 22 heavy (non-hydrogen) atoms. The van der Waals surface area contributed by atoms with E-state index < -0.39 is 0 Å². The monoisotopic (exact) mass is 298 g/mol. The molecule has 1 unspecified atom stereocenters. The third-order valence-corrected chi connectivity index (χ3v) is 4.32. The van der Waals surface area contributed by atoms with Crippen molar-refractivity contribution in [3.8, 4) is 0 Å². The molecule has 1 aliphatic rings. The Kier molecular flexibility index (Phi) is 4.51. The smallest absolute Gasteiger partial charge is 0.242 e. The van der Waals surface area contributed by atoms with E-state index in [-0.39, 0.29) is 5.91 Å². The van der Waals surface area contributed by atoms with Crippen LogP contribution in [0.25, 0.3) is 0 Å². The van der Waals surface area contributed by atoms with Crippen LogP contribution in [-0.4, -0.2) is 38.4 Å². The van der Waals surface area contributed by atoms with Gasteiger partial charge in [0.2, 0.25) is 5.91 Å². The molecule has 0 bridgehead atoms. The number of likely N-dealkylation sites (tertiary alicyclic amines) is 1. The standard InChI is InChI=1S/C17H22N4O/c1-14-18-8-10-20(14)13-17(22)21-9-4-5-15(12-21)11-16-6-2-3-7-19-16/h2-3,6-8,10,15H,4-5,9,11-13H2,1H3. The Labute approximate surface area is 131 Å². The summed E-state index contributed by atoms with van der Waals surface area (Å²) in [5.41, 5.74) is 1.12. The number of aryl methyl sites for hydroxylation is 1. The third-order valence-electron chi connectivity index (χ3n) is 4.32. The van der Waals surface area contributed by atoms with Crippen LogP contribution < -0.4 is 0 Å². The fourth-order valence-electron chi connectivity index (χ4n) is 3.09. The average molecular weight is 298 g/mol. The van der Waals surface area contributed by atoms with Gasteiger partial charge in [-0.3, -0.25) is 9.78 Å². The van der Waals surface area contributed by atoms with Crippen LogP contribution in [0, 0.1) is 12.8 Å². The van der Waals surface area contributed by atoms with Crippen molar-refractivity contribution in [3.05, 3.63) is 48.3 Å². The first-order chi connectivity index (χ1) is 10.7. The van der Waals surface area contributed by atoms with Gasteiger partial charge in [-0.1, -0.05) is 6.07 Å². The first-order valence-corrected chi connectivity index (χ1v) is 7.88. The first kappa shape index (κ1) is 14.8. The van der Waals surface area contributed by atoms with Crippen LogP contribution in [0.2, 0.25) is 0 Å². The lowest BCUT2D eigenvalue weighted by Gasteiger charge is -2.33. The van der Waals surface area contributed by atoms with Crippen LogP contribution in [0.15, 0.2) is 36.8 Å². The van der Waals surface area contributed by atoms with Crippen LogP contribution in [0.1, 0.15) is 24.4 Å². The van der Waals surface area contributed by atoms with Crippen molar-refractivity contribution < 1.29 is 4.79 Å². The Balaban J connectivity index is 1.58. The van der Waals surface area contributed by atoms with Gasteiger partial charge in [0.25, 0.3) is 0 Å². The Morgan fingerprint density at radius 3 is 2.95 bits per heavy atom. The SMILES string of the molecule is Cc1nccn1CC(=O)N1CCCC(Cc2ccccn2)C1. The molecule has 0 aliphatic carbocycles. The number of nitrogens with zero attached hydrogens (tertiary/aromatic N) is 4. The minimum absolute atomic E-state index is 0.187. The lowest BCUT2D eigenvalue weighted by molar-refractivity contribution is -0.133. The van der Waals surface area contributed by atoms with E-state index in [0.717, 1.165) is 37.4 Å². The number of amides is 1. The van der Waals surface area contributed by atoms with E-state index in [1.807, 2.05) is 40.9 Å². The molecular formula is C17H22N4O. The molecule has 1 fully saturated rings. The molecule has 3 heterocycles. The number of hydrogen-bond donors (Lipinski definition) is 0. The van der Waals surface area contributed by atoms with Crippen molar-refractivity contribution in [2.75, 3.05) is 13.1 Å². The molecule has 0 spiro atoms. The van der Waals surface area contributed by atoms with E-state index in [1.165, 1.54) is 6.42 Å². The number of pyridine rings is 1. The van der Waals surface area contributed by atoms with Gasteiger partial charge in [-0.2, -0.15) is 0 Å². The highest BCUT2D eigenvalue weighted by molar-refractivity contribution is 5.76. The number of aromatic nitrogens is 3. The first-order valence-electron chi connectivity index (χ1n) is 7.88. The highest BCUT2D eigenvalue weighted by Gasteiger charge is 2.24. The predicted molar refractivity (Wildman–Crippen MR) is 84.2 cm³/mol. The number of piperidine rings is 1. The fraction of sp³-hybridized carbons (Fsp3) is 0.471.